The second kappa shape index (κ2) is 7.67. The van der Waals surface area contributed by atoms with Gasteiger partial charge in [-0.1, -0.05) is 30.7 Å². The molecule has 0 aliphatic heterocycles. The summed E-state index contributed by atoms with van der Waals surface area (Å²) in [6.45, 7) is 2.94. The van der Waals surface area contributed by atoms with Crippen molar-refractivity contribution in [3.8, 4) is 0 Å². The van der Waals surface area contributed by atoms with Crippen molar-refractivity contribution >= 4 is 11.6 Å². The lowest BCUT2D eigenvalue weighted by molar-refractivity contribution is 0.170. The Morgan fingerprint density at radius 1 is 1.35 bits per heavy atom. The summed E-state index contributed by atoms with van der Waals surface area (Å²) < 4.78 is 5.09. The van der Waals surface area contributed by atoms with E-state index in [1.165, 1.54) is 5.56 Å². The average molecular weight is 257 g/mol. The van der Waals surface area contributed by atoms with E-state index in [0.717, 1.165) is 24.5 Å². The highest BCUT2D eigenvalue weighted by atomic mass is 35.5. The van der Waals surface area contributed by atoms with Crippen LogP contribution in [-0.2, 0) is 11.2 Å². The minimum absolute atomic E-state index is 0.256. The molecule has 96 valence electrons. The molecule has 1 aromatic rings. The molecule has 3 nitrogen and oxygen atoms in total. The Balaban J connectivity index is 2.53. The Bertz CT molecular complexity index is 316. The van der Waals surface area contributed by atoms with Gasteiger partial charge in [-0.15, -0.1) is 0 Å². The van der Waals surface area contributed by atoms with Gasteiger partial charge in [-0.05, 0) is 36.5 Å². The first-order valence-electron chi connectivity index (χ1n) is 5.87. The van der Waals surface area contributed by atoms with Gasteiger partial charge in [0.1, 0.15) is 0 Å². The van der Waals surface area contributed by atoms with Crippen LogP contribution in [0.15, 0.2) is 24.3 Å². The SMILES string of the molecule is COCCC(C)C(Cc1ccc(Cl)cc1)NN. The third kappa shape index (κ3) is 5.04. The first-order chi connectivity index (χ1) is 8.17. The van der Waals surface area contributed by atoms with Gasteiger partial charge in [0.05, 0.1) is 0 Å². The van der Waals surface area contributed by atoms with Crippen LogP contribution in [-0.4, -0.2) is 19.8 Å². The Morgan fingerprint density at radius 3 is 2.53 bits per heavy atom. The number of nitrogens with two attached hydrogens (primary N) is 1. The number of methoxy groups -OCH3 is 1. The Labute approximate surface area is 108 Å². The summed E-state index contributed by atoms with van der Waals surface area (Å²) in [4.78, 5) is 0. The van der Waals surface area contributed by atoms with E-state index >= 15 is 0 Å². The maximum Gasteiger partial charge on any atom is 0.0465 e. The van der Waals surface area contributed by atoms with Crippen molar-refractivity contribution < 1.29 is 4.74 Å². The van der Waals surface area contributed by atoms with E-state index in [1.54, 1.807) is 7.11 Å². The van der Waals surface area contributed by atoms with Crippen molar-refractivity contribution in [3.05, 3.63) is 34.9 Å². The van der Waals surface area contributed by atoms with Gasteiger partial charge >= 0.3 is 0 Å². The van der Waals surface area contributed by atoms with Gasteiger partial charge in [0, 0.05) is 24.8 Å². The van der Waals surface area contributed by atoms with Crippen LogP contribution in [0.5, 0.6) is 0 Å². The van der Waals surface area contributed by atoms with Crippen LogP contribution in [0, 0.1) is 5.92 Å². The molecule has 1 rings (SSSR count). The maximum atomic E-state index is 5.86. The van der Waals surface area contributed by atoms with E-state index in [2.05, 4.69) is 12.3 Å². The Kier molecular flexibility index (Phi) is 6.52. The maximum absolute atomic E-state index is 5.86. The van der Waals surface area contributed by atoms with Crippen molar-refractivity contribution in [2.45, 2.75) is 25.8 Å². The number of rotatable bonds is 7. The van der Waals surface area contributed by atoms with E-state index in [1.807, 2.05) is 24.3 Å². The number of nitrogens with one attached hydrogen (secondary N) is 1. The average Bonchev–Trinajstić information content (AvgIpc) is 2.35. The molecule has 0 bridgehead atoms. The highest BCUT2D eigenvalue weighted by Gasteiger charge is 2.16. The molecule has 0 heterocycles. The zero-order valence-electron chi connectivity index (χ0n) is 10.4. The lowest BCUT2D eigenvalue weighted by Gasteiger charge is -2.23. The molecular weight excluding hydrogens is 236 g/mol. The van der Waals surface area contributed by atoms with Crippen molar-refractivity contribution in [1.82, 2.24) is 5.43 Å². The third-order valence-electron chi connectivity index (χ3n) is 3.05. The summed E-state index contributed by atoms with van der Waals surface area (Å²) in [6, 6.07) is 8.14. The molecule has 0 aliphatic carbocycles. The number of hydrazine groups is 1. The summed E-state index contributed by atoms with van der Waals surface area (Å²) in [5, 5.41) is 0.762. The Hall–Kier alpha value is -0.610. The van der Waals surface area contributed by atoms with Crippen LogP contribution in [0.2, 0.25) is 5.02 Å². The van der Waals surface area contributed by atoms with Gasteiger partial charge < -0.3 is 4.74 Å². The number of hydrogen-bond acceptors (Lipinski definition) is 3. The second-order valence-electron chi connectivity index (χ2n) is 4.36. The molecule has 0 saturated heterocycles. The van der Waals surface area contributed by atoms with Gasteiger partial charge in [0.2, 0.25) is 0 Å². The van der Waals surface area contributed by atoms with Crippen LogP contribution >= 0.6 is 11.6 Å². The largest absolute Gasteiger partial charge is 0.385 e. The van der Waals surface area contributed by atoms with Crippen molar-refractivity contribution in [2.75, 3.05) is 13.7 Å². The molecule has 3 N–H and O–H groups in total. The van der Waals surface area contributed by atoms with Crippen LogP contribution in [0.25, 0.3) is 0 Å². The molecule has 2 unspecified atom stereocenters. The fraction of sp³-hybridized carbons (Fsp3) is 0.538. The lowest BCUT2D eigenvalue weighted by Crippen LogP contribution is -2.41. The van der Waals surface area contributed by atoms with E-state index in [9.17, 15) is 0 Å². The van der Waals surface area contributed by atoms with Crippen LogP contribution in [0.3, 0.4) is 0 Å². The summed E-state index contributed by atoms with van der Waals surface area (Å²) in [5.41, 5.74) is 4.12. The molecule has 2 atom stereocenters. The summed E-state index contributed by atoms with van der Waals surface area (Å²) >= 11 is 5.86. The zero-order chi connectivity index (χ0) is 12.7. The van der Waals surface area contributed by atoms with Crippen molar-refractivity contribution in [2.24, 2.45) is 11.8 Å². The van der Waals surface area contributed by atoms with Crippen LogP contribution in [0.1, 0.15) is 18.9 Å². The molecule has 0 aliphatic rings. The number of ether oxygens (including phenoxy) is 1. The smallest absolute Gasteiger partial charge is 0.0465 e. The monoisotopic (exact) mass is 256 g/mol. The van der Waals surface area contributed by atoms with E-state index in [0.29, 0.717) is 5.92 Å². The van der Waals surface area contributed by atoms with Crippen molar-refractivity contribution in [3.63, 3.8) is 0 Å². The fourth-order valence-electron chi connectivity index (χ4n) is 1.80. The first-order valence-corrected chi connectivity index (χ1v) is 6.24. The highest BCUT2D eigenvalue weighted by Crippen LogP contribution is 2.15. The Morgan fingerprint density at radius 2 is 2.00 bits per heavy atom. The van der Waals surface area contributed by atoms with Crippen LogP contribution in [0.4, 0.5) is 0 Å². The predicted molar refractivity (Wildman–Crippen MR) is 71.9 cm³/mol. The normalized spacial score (nSPS) is 14.6. The molecule has 17 heavy (non-hydrogen) atoms. The molecular formula is C13H21ClN2O. The summed E-state index contributed by atoms with van der Waals surface area (Å²) in [6.07, 6.45) is 1.90. The second-order valence-corrected chi connectivity index (χ2v) is 4.80. The number of halogens is 1. The number of benzene rings is 1. The molecule has 0 radical (unpaired) electrons. The minimum atomic E-state index is 0.256. The predicted octanol–water partition coefficient (Wildman–Crippen LogP) is 2.39. The highest BCUT2D eigenvalue weighted by molar-refractivity contribution is 6.30. The molecule has 1 aromatic carbocycles. The minimum Gasteiger partial charge on any atom is -0.385 e. The van der Waals surface area contributed by atoms with Gasteiger partial charge in [-0.25, -0.2) is 0 Å². The first kappa shape index (κ1) is 14.5. The summed E-state index contributed by atoms with van der Waals surface area (Å²) in [7, 11) is 1.72. The molecule has 0 saturated carbocycles. The van der Waals surface area contributed by atoms with Gasteiger partial charge in [0.15, 0.2) is 0 Å². The lowest BCUT2D eigenvalue weighted by atomic mass is 9.93. The van der Waals surface area contributed by atoms with Crippen molar-refractivity contribution in [1.29, 1.82) is 0 Å². The van der Waals surface area contributed by atoms with E-state index in [-0.39, 0.29) is 6.04 Å². The molecule has 0 amide bonds. The molecule has 4 heteroatoms. The van der Waals surface area contributed by atoms with Crippen LogP contribution < -0.4 is 11.3 Å². The van der Waals surface area contributed by atoms with E-state index < -0.39 is 0 Å². The molecule has 0 spiro atoms. The summed E-state index contributed by atoms with van der Waals surface area (Å²) in [5.74, 6) is 6.07. The topological polar surface area (TPSA) is 47.3 Å². The standard InChI is InChI=1S/C13H21ClN2O/c1-10(7-8-17-2)13(16-15)9-11-3-5-12(14)6-4-11/h3-6,10,13,16H,7-9,15H2,1-2H3. The van der Waals surface area contributed by atoms with E-state index in [4.69, 9.17) is 22.2 Å². The fourth-order valence-corrected chi connectivity index (χ4v) is 1.93. The van der Waals surface area contributed by atoms with Gasteiger partial charge in [-0.3, -0.25) is 11.3 Å². The van der Waals surface area contributed by atoms with Gasteiger partial charge in [0.25, 0.3) is 0 Å². The number of hydrogen-bond donors (Lipinski definition) is 2. The third-order valence-corrected chi connectivity index (χ3v) is 3.30. The zero-order valence-corrected chi connectivity index (χ0v) is 11.2. The van der Waals surface area contributed by atoms with Gasteiger partial charge in [-0.2, -0.15) is 0 Å². The quantitative estimate of drug-likeness (QED) is 0.582. The molecule has 0 aromatic heterocycles. The molecule has 0 fully saturated rings.